The third kappa shape index (κ3) is 5.92. The van der Waals surface area contributed by atoms with Crippen molar-refractivity contribution in [3.8, 4) is 5.75 Å². The Labute approximate surface area is 219 Å². The Hall–Kier alpha value is -2.73. The van der Waals surface area contributed by atoms with Gasteiger partial charge < -0.3 is 14.7 Å². The number of amides is 1. The molecule has 0 aromatic heterocycles. The van der Waals surface area contributed by atoms with Gasteiger partial charge >= 0.3 is 5.97 Å². The highest BCUT2D eigenvalue weighted by Gasteiger charge is 2.33. The second kappa shape index (κ2) is 10.5. The van der Waals surface area contributed by atoms with E-state index in [-0.39, 0.29) is 6.54 Å². The number of halogens is 3. The lowest BCUT2D eigenvalue weighted by atomic mass is 9.86. The molecule has 35 heavy (non-hydrogen) atoms. The molecule has 1 atom stereocenters. The van der Waals surface area contributed by atoms with Gasteiger partial charge in [-0.1, -0.05) is 65.1 Å². The lowest BCUT2D eigenvalue weighted by molar-refractivity contribution is -0.137. The van der Waals surface area contributed by atoms with Crippen molar-refractivity contribution in [2.45, 2.75) is 38.3 Å². The molecule has 0 saturated carbocycles. The number of fused-ring (bicyclic) bond motifs is 1. The first kappa shape index (κ1) is 25.4. The van der Waals surface area contributed by atoms with Crippen molar-refractivity contribution in [3.63, 3.8) is 0 Å². The van der Waals surface area contributed by atoms with E-state index in [0.717, 1.165) is 24.0 Å². The van der Waals surface area contributed by atoms with E-state index in [2.05, 4.69) is 6.92 Å². The Bertz CT molecular complexity index is 1280. The Kier molecular flexibility index (Phi) is 7.60. The number of hydrogen-bond acceptors (Lipinski definition) is 3. The third-order valence-corrected chi connectivity index (χ3v) is 7.34. The minimum atomic E-state index is -1.12. The summed E-state index contributed by atoms with van der Waals surface area (Å²) in [6.45, 7) is 1.61. The van der Waals surface area contributed by atoms with E-state index in [4.69, 9.17) is 39.5 Å². The molecule has 0 aliphatic carbocycles. The van der Waals surface area contributed by atoms with Crippen LogP contribution >= 0.6 is 34.8 Å². The van der Waals surface area contributed by atoms with Crippen LogP contribution in [0.1, 0.15) is 40.4 Å². The number of benzene rings is 3. The molecule has 1 amide bonds. The predicted molar refractivity (Wildman–Crippen MR) is 138 cm³/mol. The summed E-state index contributed by atoms with van der Waals surface area (Å²) in [5.74, 6) is -0.811. The molecule has 0 unspecified atom stereocenters. The van der Waals surface area contributed by atoms with Crippen LogP contribution in [0.3, 0.4) is 0 Å². The van der Waals surface area contributed by atoms with E-state index < -0.39 is 24.0 Å². The summed E-state index contributed by atoms with van der Waals surface area (Å²) in [4.78, 5) is 26.0. The number of hydrogen-bond donors (Lipinski definition) is 1. The molecule has 0 spiro atoms. The maximum absolute atomic E-state index is 13.3. The van der Waals surface area contributed by atoms with Crippen molar-refractivity contribution in [2.75, 3.05) is 6.54 Å². The van der Waals surface area contributed by atoms with Crippen molar-refractivity contribution >= 4 is 46.7 Å². The molecule has 1 aliphatic heterocycles. The van der Waals surface area contributed by atoms with Crippen LogP contribution in [0.4, 0.5) is 0 Å². The zero-order valence-electron chi connectivity index (χ0n) is 19.1. The molecule has 5 nitrogen and oxygen atoms in total. The van der Waals surface area contributed by atoms with Crippen LogP contribution < -0.4 is 4.74 Å². The molecule has 1 N–H and O–H groups in total. The van der Waals surface area contributed by atoms with Crippen LogP contribution in [-0.4, -0.2) is 34.0 Å². The van der Waals surface area contributed by atoms with Gasteiger partial charge in [-0.05, 0) is 66.8 Å². The van der Waals surface area contributed by atoms with E-state index in [0.29, 0.717) is 38.4 Å². The van der Waals surface area contributed by atoms with Gasteiger partial charge in [0.1, 0.15) is 17.9 Å². The highest BCUT2D eigenvalue weighted by atomic mass is 35.5. The third-order valence-electron chi connectivity index (χ3n) is 6.12. The monoisotopic (exact) mass is 531 g/mol. The van der Waals surface area contributed by atoms with Gasteiger partial charge in [-0.2, -0.15) is 0 Å². The number of carboxylic acid groups (broad SMARTS) is 1. The van der Waals surface area contributed by atoms with E-state index in [1.807, 2.05) is 24.3 Å². The van der Waals surface area contributed by atoms with Crippen LogP contribution in [0.2, 0.25) is 15.1 Å². The van der Waals surface area contributed by atoms with E-state index >= 15 is 0 Å². The first-order chi connectivity index (χ1) is 16.6. The van der Waals surface area contributed by atoms with Gasteiger partial charge in [0.15, 0.2) is 0 Å². The Morgan fingerprint density at radius 1 is 1.00 bits per heavy atom. The molecule has 1 heterocycles. The van der Waals surface area contributed by atoms with Crippen molar-refractivity contribution in [1.29, 1.82) is 0 Å². The first-order valence-corrected chi connectivity index (χ1v) is 12.3. The summed E-state index contributed by atoms with van der Waals surface area (Å²) < 4.78 is 6.35. The summed E-state index contributed by atoms with van der Waals surface area (Å²) in [5.41, 5.74) is 2.47. The molecule has 0 fully saturated rings. The fourth-order valence-electron chi connectivity index (χ4n) is 4.31. The van der Waals surface area contributed by atoms with E-state index in [1.165, 1.54) is 4.90 Å². The fourth-order valence-corrected chi connectivity index (χ4v) is 4.90. The van der Waals surface area contributed by atoms with Gasteiger partial charge in [0.2, 0.25) is 0 Å². The number of nitrogens with zero attached hydrogens (tertiary/aromatic N) is 1. The predicted octanol–water partition coefficient (Wildman–Crippen LogP) is 6.70. The fraction of sp³-hybridized carbons (Fsp3) is 0.259. The molecule has 3 aromatic rings. The zero-order chi connectivity index (χ0) is 25.2. The van der Waals surface area contributed by atoms with E-state index in [9.17, 15) is 14.7 Å². The van der Waals surface area contributed by atoms with Crippen LogP contribution in [0, 0.1) is 0 Å². The number of rotatable bonds is 7. The maximum Gasteiger partial charge on any atom is 0.323 e. The minimum absolute atomic E-state index is 0.0218. The van der Waals surface area contributed by atoms with Crippen LogP contribution in [0.15, 0.2) is 60.7 Å². The largest absolute Gasteiger partial charge is 0.487 e. The van der Waals surface area contributed by atoms with Gasteiger partial charge in [-0.3, -0.25) is 9.59 Å². The molecule has 8 heteroatoms. The maximum atomic E-state index is 13.3. The highest BCUT2D eigenvalue weighted by Crippen LogP contribution is 2.37. The number of carboxylic acids is 1. The second-order valence-corrected chi connectivity index (χ2v) is 10.1. The molecule has 3 aromatic carbocycles. The van der Waals surface area contributed by atoms with Gasteiger partial charge in [0.05, 0.1) is 10.0 Å². The molecule has 0 radical (unpaired) electrons. The second-order valence-electron chi connectivity index (χ2n) is 8.91. The lowest BCUT2D eigenvalue weighted by Crippen LogP contribution is -2.39. The summed E-state index contributed by atoms with van der Waals surface area (Å²) in [6.07, 6.45) is 2.13. The zero-order valence-corrected chi connectivity index (χ0v) is 21.3. The Morgan fingerprint density at radius 2 is 1.71 bits per heavy atom. The van der Waals surface area contributed by atoms with E-state index in [1.54, 1.807) is 36.4 Å². The lowest BCUT2D eigenvalue weighted by Gasteiger charge is -2.36. The average Bonchev–Trinajstić information content (AvgIpc) is 2.82. The number of carbonyl (C=O) groups is 2. The summed E-state index contributed by atoms with van der Waals surface area (Å²) >= 11 is 18.7. The molecule has 182 valence electrons. The molecular weight excluding hydrogens is 509 g/mol. The van der Waals surface area contributed by atoms with Crippen molar-refractivity contribution in [2.24, 2.45) is 0 Å². The van der Waals surface area contributed by atoms with Gasteiger partial charge in [0.25, 0.3) is 5.91 Å². The molecular formula is C27H24Cl3NO4. The average molecular weight is 533 g/mol. The number of carbonyl (C=O) groups excluding carboxylic acids is 1. The van der Waals surface area contributed by atoms with Crippen LogP contribution in [-0.2, 0) is 24.2 Å². The number of ether oxygens (including phenoxy) is 1. The number of aryl methyl sites for hydroxylation is 1. The van der Waals surface area contributed by atoms with Crippen molar-refractivity contribution < 1.29 is 19.4 Å². The van der Waals surface area contributed by atoms with Crippen molar-refractivity contribution in [3.05, 3.63) is 98.0 Å². The Balaban J connectivity index is 1.54. The molecule has 4 rings (SSSR count). The molecule has 0 bridgehead atoms. The van der Waals surface area contributed by atoms with Gasteiger partial charge in [0, 0.05) is 23.6 Å². The SMILES string of the molecule is C[C@@]1(Cc2ccccc2Cl)CCc2cc(C(=O)N(CC(=O)O)Cc3cccc(Cl)c3Cl)ccc2O1. The van der Waals surface area contributed by atoms with Crippen LogP contribution in [0.5, 0.6) is 5.75 Å². The van der Waals surface area contributed by atoms with Gasteiger partial charge in [-0.25, -0.2) is 0 Å². The minimum Gasteiger partial charge on any atom is -0.487 e. The van der Waals surface area contributed by atoms with Gasteiger partial charge in [-0.15, -0.1) is 0 Å². The summed E-state index contributed by atoms with van der Waals surface area (Å²) in [6, 6.07) is 18.0. The standard InChI is InChI=1S/C27H24Cl3NO4/c1-27(14-19-5-2-3-7-21(19)28)12-11-17-13-18(9-10-23(17)35-27)26(34)31(16-24(32)33)15-20-6-4-8-22(29)25(20)30/h2-10,13H,11-12,14-16H2,1H3,(H,32,33)/t27-/m0/s1. The summed E-state index contributed by atoms with van der Waals surface area (Å²) in [5, 5.41) is 10.7. The summed E-state index contributed by atoms with van der Waals surface area (Å²) in [7, 11) is 0. The quantitative estimate of drug-likeness (QED) is 0.368. The normalized spacial score (nSPS) is 16.8. The van der Waals surface area contributed by atoms with Crippen LogP contribution in [0.25, 0.3) is 0 Å². The molecule has 0 saturated heterocycles. The first-order valence-electron chi connectivity index (χ1n) is 11.1. The number of aliphatic carboxylic acids is 1. The Morgan fingerprint density at radius 3 is 2.46 bits per heavy atom. The molecule has 1 aliphatic rings. The van der Waals surface area contributed by atoms with Crippen molar-refractivity contribution in [1.82, 2.24) is 4.90 Å². The smallest absolute Gasteiger partial charge is 0.323 e. The highest BCUT2D eigenvalue weighted by molar-refractivity contribution is 6.42. The topological polar surface area (TPSA) is 66.8 Å².